The predicted molar refractivity (Wildman–Crippen MR) is 76.3 cm³/mol. The minimum Gasteiger partial charge on any atom is -0.481 e. The molecule has 0 aliphatic rings. The van der Waals surface area contributed by atoms with Crippen LogP contribution in [-0.4, -0.2) is 23.3 Å². The molecule has 1 N–H and O–H groups in total. The van der Waals surface area contributed by atoms with Crippen LogP contribution in [-0.2, 0) is 16.0 Å². The number of aliphatic carboxylic acids is 1. The molecule has 0 radical (unpaired) electrons. The number of hydrogen-bond acceptors (Lipinski definition) is 2. The van der Waals surface area contributed by atoms with E-state index in [1.165, 1.54) is 0 Å². The van der Waals surface area contributed by atoms with Crippen LogP contribution in [0.1, 0.15) is 38.3 Å². The summed E-state index contributed by atoms with van der Waals surface area (Å²) in [6.07, 6.45) is 1.11. The van der Waals surface area contributed by atoms with Gasteiger partial charge in [-0.1, -0.05) is 24.3 Å². The average Bonchev–Trinajstić information content (AvgIpc) is 2.28. The summed E-state index contributed by atoms with van der Waals surface area (Å²) in [7, 11) is 0. The van der Waals surface area contributed by atoms with Gasteiger partial charge in [-0.05, 0) is 51.7 Å². The van der Waals surface area contributed by atoms with Gasteiger partial charge in [0.15, 0.2) is 0 Å². The highest BCUT2D eigenvalue weighted by Crippen LogP contribution is 2.17. The Bertz CT molecular complexity index is 418. The minimum absolute atomic E-state index is 0.217. The zero-order valence-corrected chi connectivity index (χ0v) is 12.3. The van der Waals surface area contributed by atoms with Crippen LogP contribution in [0.4, 0.5) is 0 Å². The van der Waals surface area contributed by atoms with Crippen molar-refractivity contribution in [2.45, 2.75) is 46.1 Å². The Morgan fingerprint density at radius 2 is 1.95 bits per heavy atom. The van der Waals surface area contributed by atoms with E-state index in [9.17, 15) is 9.90 Å². The molecule has 0 heterocycles. The molecular formula is C16H24O3. The van der Waals surface area contributed by atoms with Crippen molar-refractivity contribution in [2.24, 2.45) is 5.92 Å². The van der Waals surface area contributed by atoms with E-state index < -0.39 is 5.97 Å². The molecule has 0 bridgehead atoms. The standard InChI is InChI=1S/C16H24O3/c1-12-7-5-6-8-13(12)11-14(15(17)18)9-10-19-16(2,3)4/h5-8,14H,9-11H2,1-4H3,(H,17,18). The molecule has 3 nitrogen and oxygen atoms in total. The highest BCUT2D eigenvalue weighted by atomic mass is 16.5. The first-order valence-corrected chi connectivity index (χ1v) is 6.71. The van der Waals surface area contributed by atoms with E-state index in [1.54, 1.807) is 0 Å². The van der Waals surface area contributed by atoms with Crippen molar-refractivity contribution in [1.29, 1.82) is 0 Å². The molecule has 0 saturated heterocycles. The second-order valence-electron chi connectivity index (χ2n) is 5.92. The summed E-state index contributed by atoms with van der Waals surface area (Å²) in [5.41, 5.74) is 2.03. The largest absolute Gasteiger partial charge is 0.481 e. The van der Waals surface area contributed by atoms with Crippen molar-refractivity contribution in [2.75, 3.05) is 6.61 Å². The molecule has 19 heavy (non-hydrogen) atoms. The number of carboxylic acid groups (broad SMARTS) is 1. The molecule has 0 amide bonds. The molecule has 1 atom stereocenters. The van der Waals surface area contributed by atoms with Crippen molar-refractivity contribution in [1.82, 2.24) is 0 Å². The Balaban J connectivity index is 2.59. The normalized spacial score (nSPS) is 13.3. The Labute approximate surface area is 115 Å². The zero-order valence-electron chi connectivity index (χ0n) is 12.3. The molecule has 1 aromatic rings. The summed E-state index contributed by atoms with van der Waals surface area (Å²) in [4.78, 5) is 11.3. The van der Waals surface area contributed by atoms with Gasteiger partial charge in [-0.25, -0.2) is 0 Å². The maximum absolute atomic E-state index is 11.3. The summed E-state index contributed by atoms with van der Waals surface area (Å²) < 4.78 is 5.61. The van der Waals surface area contributed by atoms with Gasteiger partial charge in [-0.2, -0.15) is 0 Å². The van der Waals surface area contributed by atoms with E-state index >= 15 is 0 Å². The fraction of sp³-hybridized carbons (Fsp3) is 0.562. The Kier molecular flexibility index (Phi) is 5.55. The van der Waals surface area contributed by atoms with E-state index in [-0.39, 0.29) is 11.5 Å². The van der Waals surface area contributed by atoms with Crippen LogP contribution >= 0.6 is 0 Å². The lowest BCUT2D eigenvalue weighted by Gasteiger charge is -2.21. The highest BCUT2D eigenvalue weighted by molar-refractivity contribution is 5.70. The van der Waals surface area contributed by atoms with Crippen molar-refractivity contribution in [3.8, 4) is 0 Å². The maximum Gasteiger partial charge on any atom is 0.306 e. The Morgan fingerprint density at radius 3 is 2.47 bits per heavy atom. The number of benzene rings is 1. The SMILES string of the molecule is Cc1ccccc1CC(CCOC(C)(C)C)C(=O)O. The molecule has 0 fully saturated rings. The lowest BCUT2D eigenvalue weighted by Crippen LogP contribution is -2.24. The van der Waals surface area contributed by atoms with E-state index in [4.69, 9.17) is 4.74 Å². The first-order valence-electron chi connectivity index (χ1n) is 6.71. The fourth-order valence-electron chi connectivity index (χ4n) is 1.92. The van der Waals surface area contributed by atoms with Gasteiger partial charge in [0, 0.05) is 6.61 Å². The molecular weight excluding hydrogens is 240 g/mol. The molecule has 0 aromatic heterocycles. The summed E-state index contributed by atoms with van der Waals surface area (Å²) >= 11 is 0. The lowest BCUT2D eigenvalue weighted by molar-refractivity contribution is -0.142. The fourth-order valence-corrected chi connectivity index (χ4v) is 1.92. The summed E-state index contributed by atoms with van der Waals surface area (Å²) in [5.74, 6) is -1.13. The molecule has 1 aromatic carbocycles. The van der Waals surface area contributed by atoms with Gasteiger partial charge >= 0.3 is 5.97 Å². The Hall–Kier alpha value is -1.35. The van der Waals surface area contributed by atoms with Gasteiger partial charge in [-0.3, -0.25) is 4.79 Å². The third-order valence-corrected chi connectivity index (χ3v) is 3.08. The first-order chi connectivity index (χ1) is 8.79. The van der Waals surface area contributed by atoms with Crippen molar-refractivity contribution in [3.05, 3.63) is 35.4 Å². The quantitative estimate of drug-likeness (QED) is 0.856. The van der Waals surface area contributed by atoms with Crippen LogP contribution in [0.3, 0.4) is 0 Å². The molecule has 0 saturated carbocycles. The van der Waals surface area contributed by atoms with Crippen molar-refractivity contribution >= 4 is 5.97 Å². The summed E-state index contributed by atoms with van der Waals surface area (Å²) in [6.45, 7) is 8.42. The maximum atomic E-state index is 11.3. The average molecular weight is 264 g/mol. The van der Waals surface area contributed by atoms with E-state index in [2.05, 4.69) is 0 Å². The van der Waals surface area contributed by atoms with Crippen LogP contribution in [0.25, 0.3) is 0 Å². The van der Waals surface area contributed by atoms with Crippen molar-refractivity contribution in [3.63, 3.8) is 0 Å². The summed E-state index contributed by atoms with van der Waals surface area (Å²) in [5, 5.41) is 9.30. The minimum atomic E-state index is -0.749. The van der Waals surface area contributed by atoms with Gasteiger partial charge < -0.3 is 9.84 Å². The lowest BCUT2D eigenvalue weighted by atomic mass is 9.94. The monoisotopic (exact) mass is 264 g/mol. The topological polar surface area (TPSA) is 46.5 Å². The molecule has 1 unspecified atom stereocenters. The first kappa shape index (κ1) is 15.7. The second kappa shape index (κ2) is 6.71. The van der Waals surface area contributed by atoms with Gasteiger partial charge in [0.1, 0.15) is 0 Å². The molecule has 1 rings (SSSR count). The third kappa shape index (κ3) is 5.88. The smallest absolute Gasteiger partial charge is 0.306 e. The predicted octanol–water partition coefficient (Wildman–Crippen LogP) is 3.44. The number of carbonyl (C=O) groups is 1. The van der Waals surface area contributed by atoms with Crippen LogP contribution in [0.5, 0.6) is 0 Å². The van der Waals surface area contributed by atoms with Crippen LogP contribution in [0.15, 0.2) is 24.3 Å². The summed E-state index contributed by atoms with van der Waals surface area (Å²) in [6, 6.07) is 7.93. The second-order valence-corrected chi connectivity index (χ2v) is 5.92. The number of ether oxygens (including phenoxy) is 1. The van der Waals surface area contributed by atoms with Gasteiger partial charge in [0.25, 0.3) is 0 Å². The van der Waals surface area contributed by atoms with E-state index in [1.807, 2.05) is 52.0 Å². The number of aryl methyl sites for hydroxylation is 1. The van der Waals surface area contributed by atoms with E-state index in [0.29, 0.717) is 19.4 Å². The molecule has 0 aliphatic heterocycles. The van der Waals surface area contributed by atoms with Gasteiger partial charge in [-0.15, -0.1) is 0 Å². The Morgan fingerprint density at radius 1 is 1.32 bits per heavy atom. The van der Waals surface area contributed by atoms with Gasteiger partial charge in [0.05, 0.1) is 11.5 Å². The van der Waals surface area contributed by atoms with Crippen molar-refractivity contribution < 1.29 is 14.6 Å². The van der Waals surface area contributed by atoms with E-state index in [0.717, 1.165) is 11.1 Å². The third-order valence-electron chi connectivity index (χ3n) is 3.08. The van der Waals surface area contributed by atoms with Crippen LogP contribution in [0, 0.1) is 12.8 Å². The molecule has 0 aliphatic carbocycles. The van der Waals surface area contributed by atoms with Crippen LogP contribution in [0.2, 0.25) is 0 Å². The van der Waals surface area contributed by atoms with Gasteiger partial charge in [0.2, 0.25) is 0 Å². The number of carboxylic acids is 1. The van der Waals surface area contributed by atoms with Crippen LogP contribution < -0.4 is 0 Å². The number of rotatable bonds is 6. The zero-order chi connectivity index (χ0) is 14.5. The highest BCUT2D eigenvalue weighted by Gasteiger charge is 2.20. The molecule has 3 heteroatoms. The molecule has 106 valence electrons. The number of hydrogen-bond donors (Lipinski definition) is 1. The molecule has 0 spiro atoms.